The summed E-state index contributed by atoms with van der Waals surface area (Å²) in [5, 5.41) is 5.53. The Bertz CT molecular complexity index is 1010. The van der Waals surface area contributed by atoms with E-state index in [1.807, 2.05) is 17.5 Å². The van der Waals surface area contributed by atoms with E-state index in [-0.39, 0.29) is 11.8 Å². The number of fused-ring (bicyclic) bond motifs is 1. The average molecular weight is 400 g/mol. The molecule has 0 unspecified atom stereocenters. The zero-order chi connectivity index (χ0) is 19.5. The molecule has 3 aromatic rings. The van der Waals surface area contributed by atoms with Crippen LogP contribution in [0.15, 0.2) is 32.8 Å². The predicted octanol–water partition coefficient (Wildman–Crippen LogP) is 5.18. The SMILES string of the molecule is CCCCC1CCC(C(=O)Nc2nc(-c3ccc4oc(=O)[nH]c4c3)cs2)CC1. The molecule has 28 heavy (non-hydrogen) atoms. The van der Waals surface area contributed by atoms with Gasteiger partial charge in [-0.25, -0.2) is 9.78 Å². The molecule has 1 saturated carbocycles. The molecule has 0 bridgehead atoms. The highest BCUT2D eigenvalue weighted by Crippen LogP contribution is 2.33. The molecule has 0 radical (unpaired) electrons. The number of oxazole rings is 1. The lowest BCUT2D eigenvalue weighted by Crippen LogP contribution is -2.27. The first-order valence-electron chi connectivity index (χ1n) is 10.0. The number of carbonyl (C=O) groups excluding carboxylic acids is 1. The molecule has 2 aromatic heterocycles. The molecule has 4 rings (SSSR count). The zero-order valence-corrected chi connectivity index (χ0v) is 16.8. The molecule has 1 fully saturated rings. The average Bonchev–Trinajstić information content (AvgIpc) is 3.31. The molecule has 148 valence electrons. The van der Waals surface area contributed by atoms with Gasteiger partial charge in [0.25, 0.3) is 0 Å². The van der Waals surface area contributed by atoms with Crippen molar-refractivity contribution in [2.75, 3.05) is 5.32 Å². The zero-order valence-electron chi connectivity index (χ0n) is 16.0. The third kappa shape index (κ3) is 4.19. The van der Waals surface area contributed by atoms with Gasteiger partial charge in [-0.2, -0.15) is 0 Å². The normalized spacial score (nSPS) is 19.8. The van der Waals surface area contributed by atoms with Crippen LogP contribution in [0.4, 0.5) is 5.13 Å². The van der Waals surface area contributed by atoms with Crippen LogP contribution in [0.1, 0.15) is 51.9 Å². The lowest BCUT2D eigenvalue weighted by molar-refractivity contribution is -0.121. The molecule has 1 aliphatic carbocycles. The van der Waals surface area contributed by atoms with Crippen LogP contribution < -0.4 is 11.1 Å². The Balaban J connectivity index is 1.37. The van der Waals surface area contributed by atoms with Crippen LogP contribution in [0.2, 0.25) is 0 Å². The Labute approximate surface area is 167 Å². The molecule has 0 saturated heterocycles. The summed E-state index contributed by atoms with van der Waals surface area (Å²) in [6.07, 6.45) is 8.10. The summed E-state index contributed by atoms with van der Waals surface area (Å²) in [6.45, 7) is 2.23. The Morgan fingerprint density at radius 1 is 1.32 bits per heavy atom. The second-order valence-corrected chi connectivity index (χ2v) is 8.47. The van der Waals surface area contributed by atoms with Gasteiger partial charge in [0.1, 0.15) is 0 Å². The number of carbonyl (C=O) groups is 1. The summed E-state index contributed by atoms with van der Waals surface area (Å²) in [4.78, 5) is 31.1. The summed E-state index contributed by atoms with van der Waals surface area (Å²) in [5.41, 5.74) is 2.80. The lowest BCUT2D eigenvalue weighted by Gasteiger charge is -2.27. The summed E-state index contributed by atoms with van der Waals surface area (Å²) in [7, 11) is 0. The maximum Gasteiger partial charge on any atom is 0.417 e. The quantitative estimate of drug-likeness (QED) is 0.598. The smallest absolute Gasteiger partial charge is 0.408 e. The molecule has 2 heterocycles. The van der Waals surface area contributed by atoms with Crippen molar-refractivity contribution in [2.45, 2.75) is 51.9 Å². The number of rotatable bonds is 6. The number of thiazole rings is 1. The standard InChI is InChI=1S/C21H25N3O3S/c1-2-3-4-13-5-7-14(8-6-13)19(25)24-20-22-17(12-28-20)15-9-10-18-16(11-15)23-21(26)27-18/h9-14H,2-8H2,1H3,(H,23,26)(H,22,24,25). The van der Waals surface area contributed by atoms with E-state index in [0.717, 1.165) is 42.9 Å². The minimum atomic E-state index is -0.470. The topological polar surface area (TPSA) is 88.0 Å². The van der Waals surface area contributed by atoms with Gasteiger partial charge < -0.3 is 9.73 Å². The first-order valence-corrected chi connectivity index (χ1v) is 10.9. The van der Waals surface area contributed by atoms with Crippen molar-refractivity contribution < 1.29 is 9.21 Å². The molecule has 7 heteroatoms. The highest BCUT2D eigenvalue weighted by Gasteiger charge is 2.26. The molecule has 0 atom stereocenters. The lowest BCUT2D eigenvalue weighted by atomic mass is 9.79. The van der Waals surface area contributed by atoms with E-state index in [4.69, 9.17) is 4.42 Å². The molecular weight excluding hydrogens is 374 g/mol. The fraction of sp³-hybridized carbons (Fsp3) is 0.476. The fourth-order valence-corrected chi connectivity index (χ4v) is 4.71. The minimum Gasteiger partial charge on any atom is -0.408 e. The van der Waals surface area contributed by atoms with Crippen LogP contribution in [0, 0.1) is 11.8 Å². The highest BCUT2D eigenvalue weighted by atomic mass is 32.1. The number of hydrogen-bond acceptors (Lipinski definition) is 5. The third-order valence-corrected chi connectivity index (χ3v) is 6.39. The van der Waals surface area contributed by atoms with Gasteiger partial charge in [-0.05, 0) is 49.8 Å². The van der Waals surface area contributed by atoms with Crippen LogP contribution in [-0.2, 0) is 4.79 Å². The molecule has 1 aromatic carbocycles. The number of aromatic nitrogens is 2. The first kappa shape index (κ1) is 18.9. The first-order chi connectivity index (χ1) is 13.6. The van der Waals surface area contributed by atoms with E-state index in [9.17, 15) is 9.59 Å². The van der Waals surface area contributed by atoms with Crippen molar-refractivity contribution in [3.63, 3.8) is 0 Å². The van der Waals surface area contributed by atoms with Crippen molar-refractivity contribution in [3.05, 3.63) is 34.1 Å². The fourth-order valence-electron chi connectivity index (χ4n) is 3.99. The van der Waals surface area contributed by atoms with E-state index >= 15 is 0 Å². The Morgan fingerprint density at radius 3 is 2.93 bits per heavy atom. The summed E-state index contributed by atoms with van der Waals surface area (Å²) < 4.78 is 5.03. The van der Waals surface area contributed by atoms with Gasteiger partial charge in [-0.1, -0.05) is 26.2 Å². The van der Waals surface area contributed by atoms with Crippen LogP contribution in [0.5, 0.6) is 0 Å². The van der Waals surface area contributed by atoms with Crippen LogP contribution in [-0.4, -0.2) is 15.9 Å². The van der Waals surface area contributed by atoms with Crippen molar-refractivity contribution in [1.82, 2.24) is 9.97 Å². The highest BCUT2D eigenvalue weighted by molar-refractivity contribution is 7.14. The molecule has 6 nitrogen and oxygen atoms in total. The summed E-state index contributed by atoms with van der Waals surface area (Å²) >= 11 is 1.42. The van der Waals surface area contributed by atoms with Crippen molar-refractivity contribution in [2.24, 2.45) is 11.8 Å². The monoisotopic (exact) mass is 399 g/mol. The van der Waals surface area contributed by atoms with Gasteiger partial charge >= 0.3 is 5.76 Å². The number of unbranched alkanes of at least 4 members (excludes halogenated alkanes) is 1. The second-order valence-electron chi connectivity index (χ2n) is 7.61. The van der Waals surface area contributed by atoms with E-state index in [1.54, 1.807) is 6.07 Å². The van der Waals surface area contributed by atoms with Gasteiger partial charge in [0.15, 0.2) is 10.7 Å². The predicted molar refractivity (Wildman–Crippen MR) is 112 cm³/mol. The van der Waals surface area contributed by atoms with E-state index in [2.05, 4.69) is 22.2 Å². The third-order valence-electron chi connectivity index (χ3n) is 5.63. The number of anilines is 1. The van der Waals surface area contributed by atoms with Crippen molar-refractivity contribution >= 4 is 33.5 Å². The number of hydrogen-bond donors (Lipinski definition) is 2. The van der Waals surface area contributed by atoms with Gasteiger partial charge in [0.05, 0.1) is 11.2 Å². The van der Waals surface area contributed by atoms with Gasteiger partial charge in [-0.3, -0.25) is 9.78 Å². The van der Waals surface area contributed by atoms with Crippen molar-refractivity contribution in [1.29, 1.82) is 0 Å². The van der Waals surface area contributed by atoms with Crippen molar-refractivity contribution in [3.8, 4) is 11.3 Å². The van der Waals surface area contributed by atoms with Gasteiger partial charge in [0, 0.05) is 16.9 Å². The largest absolute Gasteiger partial charge is 0.417 e. The van der Waals surface area contributed by atoms with Gasteiger partial charge in [0.2, 0.25) is 5.91 Å². The Kier molecular flexibility index (Phi) is 5.62. The second kappa shape index (κ2) is 8.31. The number of benzene rings is 1. The van der Waals surface area contributed by atoms with E-state index < -0.39 is 5.76 Å². The van der Waals surface area contributed by atoms with Crippen LogP contribution in [0.3, 0.4) is 0 Å². The number of amides is 1. The Morgan fingerprint density at radius 2 is 2.14 bits per heavy atom. The molecule has 1 aliphatic rings. The molecule has 2 N–H and O–H groups in total. The van der Waals surface area contributed by atoms with E-state index in [0.29, 0.717) is 16.2 Å². The van der Waals surface area contributed by atoms with Crippen LogP contribution >= 0.6 is 11.3 Å². The number of nitrogens with zero attached hydrogens (tertiary/aromatic N) is 1. The molecule has 0 aliphatic heterocycles. The molecule has 1 amide bonds. The van der Waals surface area contributed by atoms with E-state index in [1.165, 1.54) is 30.6 Å². The maximum absolute atomic E-state index is 12.6. The van der Waals surface area contributed by atoms with Gasteiger partial charge in [-0.15, -0.1) is 11.3 Å². The van der Waals surface area contributed by atoms with Crippen LogP contribution in [0.25, 0.3) is 22.4 Å². The minimum absolute atomic E-state index is 0.0875. The maximum atomic E-state index is 12.6. The summed E-state index contributed by atoms with van der Waals surface area (Å²) in [6, 6.07) is 5.44. The molecule has 0 spiro atoms. The Hall–Kier alpha value is -2.41. The molecular formula is C21H25N3O3S. The summed E-state index contributed by atoms with van der Waals surface area (Å²) in [5.74, 6) is 0.504. The number of nitrogens with one attached hydrogen (secondary N) is 2. The number of H-pyrrole nitrogens is 1. The number of aromatic amines is 1.